The van der Waals surface area contributed by atoms with Gasteiger partial charge in [-0.05, 0) is 10.4 Å². The van der Waals surface area contributed by atoms with E-state index in [4.69, 9.17) is 4.74 Å². The first kappa shape index (κ1) is 14.9. The number of nitrogens with zero attached hydrogens (tertiary/aromatic N) is 6. The Kier molecular flexibility index (Phi) is 6.48. The molecule has 0 spiro atoms. The van der Waals surface area contributed by atoms with Crippen LogP contribution in [0.5, 0.6) is 0 Å². The van der Waals surface area contributed by atoms with Crippen LogP contribution < -0.4 is 5.32 Å². The average molecular weight is 297 g/mol. The second-order valence-electron chi connectivity index (χ2n) is 4.08. The third-order valence-electron chi connectivity index (χ3n) is 2.62. The van der Waals surface area contributed by atoms with Crippen LogP contribution in [-0.4, -0.2) is 62.3 Å². The number of hydrogen-bond acceptors (Lipinski definition) is 7. The van der Waals surface area contributed by atoms with Gasteiger partial charge >= 0.3 is 0 Å². The predicted octanol–water partition coefficient (Wildman–Crippen LogP) is -0.102. The van der Waals surface area contributed by atoms with E-state index in [-0.39, 0.29) is 0 Å². The van der Waals surface area contributed by atoms with Crippen molar-refractivity contribution in [3.05, 3.63) is 18.7 Å². The molecule has 0 saturated carbocycles. The third-order valence-corrected chi connectivity index (χ3v) is 3.56. The van der Waals surface area contributed by atoms with Crippen molar-refractivity contribution in [1.29, 1.82) is 0 Å². The zero-order chi connectivity index (χ0) is 14.0. The molecule has 0 atom stereocenters. The third kappa shape index (κ3) is 4.91. The van der Waals surface area contributed by atoms with Crippen molar-refractivity contribution in [1.82, 2.24) is 35.1 Å². The largest absolute Gasteiger partial charge is 0.383 e. The minimum Gasteiger partial charge on any atom is -0.383 e. The van der Waals surface area contributed by atoms with Crippen LogP contribution in [0.15, 0.2) is 23.9 Å². The number of methoxy groups -OCH3 is 1. The fourth-order valence-corrected chi connectivity index (χ4v) is 2.44. The van der Waals surface area contributed by atoms with E-state index >= 15 is 0 Å². The summed E-state index contributed by atoms with van der Waals surface area (Å²) in [6.45, 7) is 4.01. The molecule has 0 aliphatic rings. The number of aromatic nitrogens is 6. The van der Waals surface area contributed by atoms with Gasteiger partial charge in [-0.25, -0.2) is 9.67 Å². The second-order valence-corrected chi connectivity index (χ2v) is 5.14. The summed E-state index contributed by atoms with van der Waals surface area (Å²) in [6, 6.07) is 0. The number of nitrogens with one attached hydrogen (secondary N) is 1. The van der Waals surface area contributed by atoms with Gasteiger partial charge in [-0.2, -0.15) is 0 Å². The average Bonchev–Trinajstić information content (AvgIpc) is 3.11. The van der Waals surface area contributed by atoms with Crippen molar-refractivity contribution in [2.45, 2.75) is 18.2 Å². The van der Waals surface area contributed by atoms with Gasteiger partial charge in [0.2, 0.25) is 5.16 Å². The Balaban J connectivity index is 1.68. The highest BCUT2D eigenvalue weighted by molar-refractivity contribution is 7.99. The maximum atomic E-state index is 4.97. The van der Waals surface area contributed by atoms with E-state index in [0.717, 1.165) is 37.1 Å². The number of tetrazole rings is 1. The van der Waals surface area contributed by atoms with Crippen molar-refractivity contribution in [2.75, 3.05) is 32.6 Å². The Morgan fingerprint density at radius 2 is 2.30 bits per heavy atom. The minimum atomic E-state index is 0.710. The van der Waals surface area contributed by atoms with Gasteiger partial charge in [-0.1, -0.05) is 11.8 Å². The topological polar surface area (TPSA) is 82.7 Å². The minimum absolute atomic E-state index is 0.710. The number of rotatable bonds is 10. The number of ether oxygens (including phenoxy) is 1. The van der Waals surface area contributed by atoms with Crippen LogP contribution in [0.1, 0.15) is 0 Å². The van der Waals surface area contributed by atoms with Crippen molar-refractivity contribution in [2.24, 2.45) is 0 Å². The summed E-state index contributed by atoms with van der Waals surface area (Å²) in [5.41, 5.74) is 0. The van der Waals surface area contributed by atoms with Crippen LogP contribution in [0.2, 0.25) is 0 Å². The zero-order valence-electron chi connectivity index (χ0n) is 11.5. The van der Waals surface area contributed by atoms with Gasteiger partial charge in [0.1, 0.15) is 0 Å². The Bertz CT molecular complexity index is 473. The first-order chi connectivity index (χ1) is 9.90. The van der Waals surface area contributed by atoms with E-state index in [2.05, 4.69) is 25.8 Å². The van der Waals surface area contributed by atoms with Crippen LogP contribution in [0, 0.1) is 0 Å². The molecule has 110 valence electrons. The zero-order valence-corrected chi connectivity index (χ0v) is 12.3. The maximum Gasteiger partial charge on any atom is 0.209 e. The fraction of sp³-hybridized carbons (Fsp3) is 0.636. The van der Waals surface area contributed by atoms with Gasteiger partial charge in [0.25, 0.3) is 0 Å². The smallest absolute Gasteiger partial charge is 0.209 e. The number of imidazole rings is 1. The molecule has 8 nitrogen and oxygen atoms in total. The number of thioether (sulfide) groups is 1. The fourth-order valence-electron chi connectivity index (χ4n) is 1.59. The van der Waals surface area contributed by atoms with E-state index in [9.17, 15) is 0 Å². The monoisotopic (exact) mass is 297 g/mol. The maximum absolute atomic E-state index is 4.97. The Morgan fingerprint density at radius 3 is 3.10 bits per heavy atom. The van der Waals surface area contributed by atoms with Crippen LogP contribution in [0.4, 0.5) is 0 Å². The van der Waals surface area contributed by atoms with Crippen molar-refractivity contribution in [3.63, 3.8) is 0 Å². The molecule has 0 amide bonds. The molecule has 2 heterocycles. The molecule has 20 heavy (non-hydrogen) atoms. The highest BCUT2D eigenvalue weighted by Gasteiger charge is 2.06. The van der Waals surface area contributed by atoms with E-state index in [0.29, 0.717) is 6.61 Å². The summed E-state index contributed by atoms with van der Waals surface area (Å²) in [5.74, 6) is 0.911. The standard InChI is InChI=1S/C11H19N7OS/c1-19-8-4-12-3-6-18-11(14-15-16-18)20-9-7-17-5-2-13-10-17/h2,5,10,12H,3-4,6-9H2,1H3. The van der Waals surface area contributed by atoms with Gasteiger partial charge in [0.05, 0.1) is 19.5 Å². The molecular weight excluding hydrogens is 278 g/mol. The summed E-state index contributed by atoms with van der Waals surface area (Å²) in [4.78, 5) is 4.01. The molecule has 9 heteroatoms. The molecule has 2 aromatic heterocycles. The molecular formula is C11H19N7OS. The Morgan fingerprint density at radius 1 is 1.35 bits per heavy atom. The second kappa shape index (κ2) is 8.67. The summed E-state index contributed by atoms with van der Waals surface area (Å²) in [5, 5.41) is 15.9. The highest BCUT2D eigenvalue weighted by Crippen LogP contribution is 2.13. The SMILES string of the molecule is COCCNCCn1nnnc1SCCn1ccnc1. The lowest BCUT2D eigenvalue weighted by atomic mass is 10.6. The molecule has 0 aromatic carbocycles. The van der Waals surface area contributed by atoms with Crippen molar-refractivity contribution < 1.29 is 4.74 Å². The lowest BCUT2D eigenvalue weighted by Crippen LogP contribution is -2.24. The predicted molar refractivity (Wildman–Crippen MR) is 75.5 cm³/mol. The molecule has 2 rings (SSSR count). The number of aryl methyl sites for hydroxylation is 1. The lowest BCUT2D eigenvalue weighted by Gasteiger charge is -2.06. The highest BCUT2D eigenvalue weighted by atomic mass is 32.2. The first-order valence-electron chi connectivity index (χ1n) is 6.44. The Hall–Kier alpha value is -1.45. The van der Waals surface area contributed by atoms with Gasteiger partial charge in [0, 0.05) is 44.9 Å². The molecule has 0 aliphatic carbocycles. The normalized spacial score (nSPS) is 11.1. The summed E-state index contributed by atoms with van der Waals surface area (Å²) in [6.07, 6.45) is 5.53. The quantitative estimate of drug-likeness (QED) is 0.484. The van der Waals surface area contributed by atoms with Crippen LogP contribution >= 0.6 is 11.8 Å². The molecule has 0 saturated heterocycles. The summed E-state index contributed by atoms with van der Waals surface area (Å²) in [7, 11) is 1.69. The van der Waals surface area contributed by atoms with Crippen molar-refractivity contribution in [3.8, 4) is 0 Å². The molecule has 0 aliphatic heterocycles. The van der Waals surface area contributed by atoms with Crippen LogP contribution in [-0.2, 0) is 17.8 Å². The van der Waals surface area contributed by atoms with E-state index in [1.54, 1.807) is 25.1 Å². The molecule has 0 radical (unpaired) electrons. The van der Waals surface area contributed by atoms with Gasteiger partial charge in [-0.15, -0.1) is 5.10 Å². The molecule has 2 aromatic rings. The van der Waals surface area contributed by atoms with Crippen LogP contribution in [0.3, 0.4) is 0 Å². The summed E-state index contributed by atoms with van der Waals surface area (Å²) >= 11 is 1.65. The first-order valence-corrected chi connectivity index (χ1v) is 7.43. The van der Waals surface area contributed by atoms with Crippen LogP contribution in [0.25, 0.3) is 0 Å². The van der Waals surface area contributed by atoms with E-state index < -0.39 is 0 Å². The molecule has 0 fully saturated rings. The molecule has 0 bridgehead atoms. The van der Waals surface area contributed by atoms with Crippen molar-refractivity contribution >= 4 is 11.8 Å². The number of hydrogen-bond donors (Lipinski definition) is 1. The lowest BCUT2D eigenvalue weighted by molar-refractivity contribution is 0.199. The molecule has 1 N–H and O–H groups in total. The van der Waals surface area contributed by atoms with E-state index in [1.807, 2.05) is 21.8 Å². The molecule has 0 unspecified atom stereocenters. The summed E-state index contributed by atoms with van der Waals surface area (Å²) < 4.78 is 8.82. The van der Waals surface area contributed by atoms with E-state index in [1.165, 1.54) is 0 Å². The van der Waals surface area contributed by atoms with Gasteiger partial charge < -0.3 is 14.6 Å². The van der Waals surface area contributed by atoms with Gasteiger partial charge in [-0.3, -0.25) is 0 Å². The Labute approximate surface area is 121 Å². The van der Waals surface area contributed by atoms with Gasteiger partial charge in [0.15, 0.2) is 0 Å².